The number of aliphatic hydroxyl groups excluding tert-OH is 1. The molecule has 100 valence electrons. The molecule has 1 N–H and O–H groups in total. The summed E-state index contributed by atoms with van der Waals surface area (Å²) in [4.78, 5) is 4.61. The molecule has 4 nitrogen and oxygen atoms in total. The highest BCUT2D eigenvalue weighted by Gasteiger charge is 2.04. The highest BCUT2D eigenvalue weighted by molar-refractivity contribution is 5.98. The molecule has 0 bridgehead atoms. The van der Waals surface area contributed by atoms with Crippen molar-refractivity contribution in [2.24, 2.45) is 4.99 Å². The Morgan fingerprint density at radius 1 is 1.37 bits per heavy atom. The minimum absolute atomic E-state index is 0.0602. The standard InChI is InChI=1S/C15H19N3O/c1-4-18-8-7-15(17-18)12(3)16-14-6-5-13(10-19)9-11(14)2/h5-9,19H,4,10H2,1-3H3. The monoisotopic (exact) mass is 257 g/mol. The minimum atomic E-state index is 0.0602. The molecule has 1 aromatic heterocycles. The van der Waals surface area contributed by atoms with Gasteiger partial charge in [0, 0.05) is 12.7 Å². The van der Waals surface area contributed by atoms with Gasteiger partial charge in [-0.05, 0) is 44.0 Å². The molecule has 0 amide bonds. The molecule has 1 heterocycles. The fraction of sp³-hybridized carbons (Fsp3) is 0.333. The van der Waals surface area contributed by atoms with Crippen LogP contribution in [-0.2, 0) is 13.2 Å². The summed E-state index contributed by atoms with van der Waals surface area (Å²) in [5, 5.41) is 13.5. The van der Waals surface area contributed by atoms with Gasteiger partial charge >= 0.3 is 0 Å². The van der Waals surface area contributed by atoms with Crippen molar-refractivity contribution >= 4 is 11.4 Å². The molecular formula is C15H19N3O. The number of aryl methyl sites for hydroxylation is 2. The zero-order valence-corrected chi connectivity index (χ0v) is 11.6. The van der Waals surface area contributed by atoms with Gasteiger partial charge in [-0.3, -0.25) is 9.67 Å². The predicted molar refractivity (Wildman–Crippen MR) is 76.9 cm³/mol. The highest BCUT2D eigenvalue weighted by atomic mass is 16.3. The molecule has 19 heavy (non-hydrogen) atoms. The van der Waals surface area contributed by atoms with Crippen LogP contribution in [0.4, 0.5) is 5.69 Å². The normalized spacial score (nSPS) is 11.9. The Hall–Kier alpha value is -1.94. The van der Waals surface area contributed by atoms with Gasteiger partial charge in [-0.15, -0.1) is 0 Å². The van der Waals surface area contributed by atoms with E-state index in [-0.39, 0.29) is 6.61 Å². The third kappa shape index (κ3) is 3.09. The van der Waals surface area contributed by atoms with E-state index < -0.39 is 0 Å². The lowest BCUT2D eigenvalue weighted by molar-refractivity contribution is 0.282. The third-order valence-corrected chi connectivity index (χ3v) is 3.07. The van der Waals surface area contributed by atoms with Crippen molar-refractivity contribution in [1.82, 2.24) is 9.78 Å². The maximum atomic E-state index is 9.09. The molecular weight excluding hydrogens is 238 g/mol. The first-order valence-electron chi connectivity index (χ1n) is 6.43. The maximum absolute atomic E-state index is 9.09. The number of hydrogen-bond donors (Lipinski definition) is 1. The molecule has 2 aromatic rings. The summed E-state index contributed by atoms with van der Waals surface area (Å²) < 4.78 is 1.88. The van der Waals surface area contributed by atoms with Gasteiger partial charge in [-0.25, -0.2) is 0 Å². The molecule has 0 unspecified atom stereocenters. The lowest BCUT2D eigenvalue weighted by atomic mass is 10.1. The Morgan fingerprint density at radius 2 is 2.16 bits per heavy atom. The maximum Gasteiger partial charge on any atom is 0.106 e. The van der Waals surface area contributed by atoms with E-state index in [0.29, 0.717) is 0 Å². The van der Waals surface area contributed by atoms with Crippen molar-refractivity contribution in [2.45, 2.75) is 33.9 Å². The van der Waals surface area contributed by atoms with Crippen LogP contribution in [0.25, 0.3) is 0 Å². The fourth-order valence-electron chi connectivity index (χ4n) is 1.91. The smallest absolute Gasteiger partial charge is 0.106 e. The average Bonchev–Trinajstić information content (AvgIpc) is 2.90. The largest absolute Gasteiger partial charge is 0.392 e. The molecule has 0 aliphatic heterocycles. The second-order valence-electron chi connectivity index (χ2n) is 4.53. The first kappa shape index (κ1) is 13.5. The van der Waals surface area contributed by atoms with Gasteiger partial charge in [0.2, 0.25) is 0 Å². The van der Waals surface area contributed by atoms with Gasteiger partial charge in [-0.2, -0.15) is 5.10 Å². The minimum Gasteiger partial charge on any atom is -0.392 e. The van der Waals surface area contributed by atoms with Crippen LogP contribution in [0.2, 0.25) is 0 Å². The SMILES string of the molecule is CCn1ccc(C(C)=Nc2ccc(CO)cc2C)n1. The lowest BCUT2D eigenvalue weighted by Crippen LogP contribution is -2.00. The van der Waals surface area contributed by atoms with Crippen LogP contribution in [0, 0.1) is 6.92 Å². The second kappa shape index (κ2) is 5.80. The second-order valence-corrected chi connectivity index (χ2v) is 4.53. The number of hydrogen-bond acceptors (Lipinski definition) is 3. The summed E-state index contributed by atoms with van der Waals surface area (Å²) in [5.74, 6) is 0. The van der Waals surface area contributed by atoms with Crippen LogP contribution >= 0.6 is 0 Å². The Labute approximate surface area is 113 Å². The molecule has 0 spiro atoms. The quantitative estimate of drug-likeness (QED) is 0.856. The molecule has 0 aliphatic carbocycles. The van der Waals surface area contributed by atoms with E-state index in [9.17, 15) is 0 Å². The van der Waals surface area contributed by atoms with Gasteiger partial charge in [0.15, 0.2) is 0 Å². The molecule has 1 aromatic carbocycles. The summed E-state index contributed by atoms with van der Waals surface area (Å²) in [7, 11) is 0. The van der Waals surface area contributed by atoms with Crippen LogP contribution in [0.1, 0.15) is 30.7 Å². The van der Waals surface area contributed by atoms with Crippen LogP contribution in [0.5, 0.6) is 0 Å². The average molecular weight is 257 g/mol. The Morgan fingerprint density at radius 3 is 2.74 bits per heavy atom. The van der Waals surface area contributed by atoms with E-state index in [0.717, 1.165) is 34.8 Å². The van der Waals surface area contributed by atoms with Gasteiger partial charge < -0.3 is 5.11 Å². The number of aliphatic imine (C=N–C) groups is 1. The van der Waals surface area contributed by atoms with E-state index in [2.05, 4.69) is 17.0 Å². The van der Waals surface area contributed by atoms with Gasteiger partial charge in [0.1, 0.15) is 5.69 Å². The number of aliphatic hydroxyl groups is 1. The van der Waals surface area contributed by atoms with Crippen molar-refractivity contribution in [3.63, 3.8) is 0 Å². The number of nitrogens with zero attached hydrogens (tertiary/aromatic N) is 3. The van der Waals surface area contributed by atoms with E-state index in [4.69, 9.17) is 5.11 Å². The molecule has 2 rings (SSSR count). The van der Waals surface area contributed by atoms with E-state index in [1.54, 1.807) is 0 Å². The Balaban J connectivity index is 2.29. The van der Waals surface area contributed by atoms with Crippen LogP contribution < -0.4 is 0 Å². The number of benzene rings is 1. The van der Waals surface area contributed by atoms with Crippen LogP contribution in [0.3, 0.4) is 0 Å². The first-order valence-corrected chi connectivity index (χ1v) is 6.43. The van der Waals surface area contributed by atoms with E-state index in [1.807, 2.05) is 49.0 Å². The molecule has 0 saturated carbocycles. The lowest BCUT2D eigenvalue weighted by Gasteiger charge is -2.04. The van der Waals surface area contributed by atoms with Crippen molar-refractivity contribution < 1.29 is 5.11 Å². The van der Waals surface area contributed by atoms with Gasteiger partial charge in [0.25, 0.3) is 0 Å². The molecule has 0 fully saturated rings. The zero-order valence-electron chi connectivity index (χ0n) is 11.6. The first-order chi connectivity index (χ1) is 9.13. The summed E-state index contributed by atoms with van der Waals surface area (Å²) in [6.07, 6.45) is 1.95. The Kier molecular flexibility index (Phi) is 4.12. The van der Waals surface area contributed by atoms with Crippen molar-refractivity contribution in [3.05, 3.63) is 47.3 Å². The summed E-state index contributed by atoms with van der Waals surface area (Å²) in [6, 6.07) is 7.75. The molecule has 0 aliphatic rings. The van der Waals surface area contributed by atoms with Crippen molar-refractivity contribution in [1.29, 1.82) is 0 Å². The van der Waals surface area contributed by atoms with Crippen molar-refractivity contribution in [3.8, 4) is 0 Å². The highest BCUT2D eigenvalue weighted by Crippen LogP contribution is 2.21. The predicted octanol–water partition coefficient (Wildman–Crippen LogP) is 2.84. The summed E-state index contributed by atoms with van der Waals surface area (Å²) in [6.45, 7) is 6.93. The van der Waals surface area contributed by atoms with Gasteiger partial charge in [0.05, 0.1) is 18.0 Å². The number of aromatic nitrogens is 2. The Bertz CT molecular complexity index is 599. The van der Waals surface area contributed by atoms with Gasteiger partial charge in [-0.1, -0.05) is 12.1 Å². The summed E-state index contributed by atoms with van der Waals surface area (Å²) >= 11 is 0. The third-order valence-electron chi connectivity index (χ3n) is 3.07. The molecule has 0 radical (unpaired) electrons. The summed E-state index contributed by atoms with van der Waals surface area (Å²) in [5.41, 5.74) is 4.67. The van der Waals surface area contributed by atoms with Crippen LogP contribution in [-0.4, -0.2) is 20.6 Å². The zero-order chi connectivity index (χ0) is 13.8. The van der Waals surface area contributed by atoms with Crippen molar-refractivity contribution in [2.75, 3.05) is 0 Å². The molecule has 4 heteroatoms. The topological polar surface area (TPSA) is 50.4 Å². The molecule has 0 atom stereocenters. The van der Waals surface area contributed by atoms with E-state index >= 15 is 0 Å². The fourth-order valence-corrected chi connectivity index (χ4v) is 1.91. The molecule has 0 saturated heterocycles. The van der Waals surface area contributed by atoms with E-state index in [1.165, 1.54) is 0 Å². The number of rotatable bonds is 4. The van der Waals surface area contributed by atoms with Crippen LogP contribution in [0.15, 0.2) is 35.5 Å².